The van der Waals surface area contributed by atoms with Gasteiger partial charge in [-0.25, -0.2) is 0 Å². The molecule has 112 valence electrons. The van der Waals surface area contributed by atoms with Gasteiger partial charge in [-0.3, -0.25) is 9.89 Å². The highest BCUT2D eigenvalue weighted by atomic mass is 16.5. The number of H-pyrrole nitrogens is 1. The van der Waals surface area contributed by atoms with Gasteiger partial charge in [0, 0.05) is 18.7 Å². The van der Waals surface area contributed by atoms with Gasteiger partial charge in [0.15, 0.2) is 0 Å². The lowest BCUT2D eigenvalue weighted by Gasteiger charge is -2.06. The smallest absolute Gasteiger partial charge is 0.255 e. The zero-order chi connectivity index (χ0) is 14.9. The average molecular weight is 289 g/mol. The van der Waals surface area contributed by atoms with Crippen molar-refractivity contribution in [3.63, 3.8) is 0 Å². The van der Waals surface area contributed by atoms with Crippen LogP contribution < -0.4 is 5.32 Å². The first-order chi connectivity index (χ1) is 10.3. The Morgan fingerprint density at radius 2 is 2.10 bits per heavy atom. The number of nitrogens with one attached hydrogen (secondary N) is 2. The fourth-order valence-electron chi connectivity index (χ4n) is 1.92. The largest absolute Gasteiger partial charge is 0.394 e. The molecule has 1 heterocycles. The number of amides is 1. The van der Waals surface area contributed by atoms with E-state index in [1.807, 2.05) is 30.3 Å². The fraction of sp³-hybridized carbons (Fsp3) is 0.333. The Labute approximate surface area is 123 Å². The lowest BCUT2D eigenvalue weighted by Crippen LogP contribution is -2.25. The fourth-order valence-corrected chi connectivity index (χ4v) is 1.92. The Morgan fingerprint density at radius 3 is 2.86 bits per heavy atom. The molecule has 0 aliphatic carbocycles. The number of ether oxygens (including phenoxy) is 1. The van der Waals surface area contributed by atoms with Crippen molar-refractivity contribution in [2.75, 3.05) is 26.4 Å². The molecule has 1 aromatic carbocycles. The molecule has 0 spiro atoms. The highest BCUT2D eigenvalue weighted by Gasteiger charge is 2.14. The number of carbonyl (C=O) groups excluding carboxylic acids is 1. The summed E-state index contributed by atoms with van der Waals surface area (Å²) in [5.41, 5.74) is 2.16. The van der Waals surface area contributed by atoms with Crippen LogP contribution in [0.3, 0.4) is 0 Å². The third-order valence-electron chi connectivity index (χ3n) is 2.93. The van der Waals surface area contributed by atoms with E-state index in [-0.39, 0.29) is 12.5 Å². The first-order valence-electron chi connectivity index (χ1n) is 6.88. The minimum Gasteiger partial charge on any atom is -0.394 e. The van der Waals surface area contributed by atoms with Crippen LogP contribution in [0.1, 0.15) is 16.8 Å². The van der Waals surface area contributed by atoms with Gasteiger partial charge in [0.05, 0.1) is 30.7 Å². The highest BCUT2D eigenvalue weighted by molar-refractivity contribution is 5.99. The Balaban J connectivity index is 1.88. The number of nitrogens with zero attached hydrogens (tertiary/aromatic N) is 1. The molecule has 0 atom stereocenters. The van der Waals surface area contributed by atoms with E-state index in [1.54, 1.807) is 0 Å². The number of hydrogen-bond acceptors (Lipinski definition) is 4. The van der Waals surface area contributed by atoms with Gasteiger partial charge in [-0.05, 0) is 6.42 Å². The molecule has 21 heavy (non-hydrogen) atoms. The number of aliphatic hydroxyl groups excluding tert-OH is 1. The van der Waals surface area contributed by atoms with E-state index < -0.39 is 0 Å². The number of aromatic nitrogens is 2. The Hall–Kier alpha value is -2.18. The van der Waals surface area contributed by atoms with Crippen LogP contribution in [0.25, 0.3) is 11.3 Å². The zero-order valence-corrected chi connectivity index (χ0v) is 11.7. The molecule has 2 rings (SSSR count). The maximum atomic E-state index is 12.1. The molecule has 3 N–H and O–H groups in total. The Morgan fingerprint density at radius 1 is 1.29 bits per heavy atom. The number of rotatable bonds is 8. The maximum Gasteiger partial charge on any atom is 0.255 e. The summed E-state index contributed by atoms with van der Waals surface area (Å²) in [6.45, 7) is 1.37. The molecular weight excluding hydrogens is 270 g/mol. The molecule has 6 nitrogen and oxygen atoms in total. The van der Waals surface area contributed by atoms with Gasteiger partial charge in [-0.15, -0.1) is 0 Å². The molecule has 1 aromatic heterocycles. The quantitative estimate of drug-likeness (QED) is 0.637. The topological polar surface area (TPSA) is 87.2 Å². The Bertz CT molecular complexity index is 554. The van der Waals surface area contributed by atoms with Crippen LogP contribution >= 0.6 is 0 Å². The lowest BCUT2D eigenvalue weighted by molar-refractivity contribution is 0.0868. The summed E-state index contributed by atoms with van der Waals surface area (Å²) in [5, 5.41) is 18.2. The van der Waals surface area contributed by atoms with Gasteiger partial charge in [0.2, 0.25) is 0 Å². The minimum absolute atomic E-state index is 0.0157. The lowest BCUT2D eigenvalue weighted by atomic mass is 10.1. The van der Waals surface area contributed by atoms with Crippen molar-refractivity contribution in [3.8, 4) is 11.3 Å². The van der Waals surface area contributed by atoms with Crippen molar-refractivity contribution in [1.29, 1.82) is 0 Å². The summed E-state index contributed by atoms with van der Waals surface area (Å²) < 4.78 is 5.13. The van der Waals surface area contributed by atoms with Crippen molar-refractivity contribution < 1.29 is 14.6 Å². The molecule has 0 fully saturated rings. The molecule has 1 amide bonds. The maximum absolute atomic E-state index is 12.1. The number of aliphatic hydroxyl groups is 1. The van der Waals surface area contributed by atoms with Crippen LogP contribution in [0, 0.1) is 0 Å². The second kappa shape index (κ2) is 8.18. The summed E-state index contributed by atoms with van der Waals surface area (Å²) in [7, 11) is 0. The zero-order valence-electron chi connectivity index (χ0n) is 11.7. The number of aromatic amines is 1. The summed E-state index contributed by atoms with van der Waals surface area (Å²) >= 11 is 0. The molecule has 6 heteroatoms. The SMILES string of the molecule is O=C(NCCCOCCO)c1cn[nH]c1-c1ccccc1. The van der Waals surface area contributed by atoms with Gasteiger partial charge in [-0.2, -0.15) is 5.10 Å². The minimum atomic E-state index is -0.162. The third-order valence-corrected chi connectivity index (χ3v) is 2.93. The van der Waals surface area contributed by atoms with E-state index in [4.69, 9.17) is 9.84 Å². The van der Waals surface area contributed by atoms with E-state index >= 15 is 0 Å². The van der Waals surface area contributed by atoms with Crippen LogP contribution in [0.4, 0.5) is 0 Å². The molecule has 2 aromatic rings. The first kappa shape index (κ1) is 15.2. The molecule has 0 bridgehead atoms. The van der Waals surface area contributed by atoms with E-state index in [0.717, 1.165) is 5.56 Å². The molecule has 0 aliphatic rings. The molecule has 0 unspecified atom stereocenters. The predicted molar refractivity (Wildman–Crippen MR) is 78.9 cm³/mol. The normalized spacial score (nSPS) is 10.5. The van der Waals surface area contributed by atoms with Crippen LogP contribution in [-0.2, 0) is 4.74 Å². The van der Waals surface area contributed by atoms with E-state index in [2.05, 4.69) is 15.5 Å². The third kappa shape index (κ3) is 4.40. The van der Waals surface area contributed by atoms with E-state index in [9.17, 15) is 4.79 Å². The van der Waals surface area contributed by atoms with E-state index in [0.29, 0.717) is 37.4 Å². The first-order valence-corrected chi connectivity index (χ1v) is 6.88. The Kier molecular flexibility index (Phi) is 5.93. The van der Waals surface area contributed by atoms with Gasteiger partial charge >= 0.3 is 0 Å². The van der Waals surface area contributed by atoms with Crippen LogP contribution in [-0.4, -0.2) is 47.6 Å². The van der Waals surface area contributed by atoms with Crippen LogP contribution in [0.2, 0.25) is 0 Å². The predicted octanol–water partition coefficient (Wildman–Crippen LogP) is 1.21. The standard InChI is InChI=1S/C15H19N3O3/c19-8-10-21-9-4-7-16-15(20)13-11-17-18-14(13)12-5-2-1-3-6-12/h1-3,5-6,11,19H,4,7-10H2,(H,16,20)(H,17,18). The molecule has 0 saturated carbocycles. The van der Waals surface area contributed by atoms with Crippen molar-refractivity contribution in [1.82, 2.24) is 15.5 Å². The van der Waals surface area contributed by atoms with Crippen molar-refractivity contribution in [3.05, 3.63) is 42.1 Å². The van der Waals surface area contributed by atoms with Gasteiger partial charge in [-0.1, -0.05) is 30.3 Å². The van der Waals surface area contributed by atoms with Crippen LogP contribution in [0.15, 0.2) is 36.5 Å². The van der Waals surface area contributed by atoms with Gasteiger partial charge in [0.25, 0.3) is 5.91 Å². The summed E-state index contributed by atoms with van der Waals surface area (Å²) in [4.78, 5) is 12.1. The summed E-state index contributed by atoms with van der Waals surface area (Å²) in [5.74, 6) is -0.162. The van der Waals surface area contributed by atoms with Gasteiger partial charge < -0.3 is 15.2 Å². The average Bonchev–Trinajstić information content (AvgIpc) is 3.01. The second-order valence-electron chi connectivity index (χ2n) is 4.47. The molecule has 0 radical (unpaired) electrons. The molecule has 0 saturated heterocycles. The van der Waals surface area contributed by atoms with Crippen molar-refractivity contribution in [2.24, 2.45) is 0 Å². The summed E-state index contributed by atoms with van der Waals surface area (Å²) in [6, 6.07) is 9.60. The number of hydrogen-bond donors (Lipinski definition) is 3. The van der Waals surface area contributed by atoms with Crippen molar-refractivity contribution in [2.45, 2.75) is 6.42 Å². The number of carbonyl (C=O) groups is 1. The van der Waals surface area contributed by atoms with Crippen LogP contribution in [0.5, 0.6) is 0 Å². The highest BCUT2D eigenvalue weighted by Crippen LogP contribution is 2.20. The van der Waals surface area contributed by atoms with Crippen molar-refractivity contribution >= 4 is 5.91 Å². The van der Waals surface area contributed by atoms with Gasteiger partial charge in [0.1, 0.15) is 0 Å². The number of benzene rings is 1. The molecule has 0 aliphatic heterocycles. The molecular formula is C15H19N3O3. The van der Waals surface area contributed by atoms with E-state index in [1.165, 1.54) is 6.20 Å². The summed E-state index contributed by atoms with van der Waals surface area (Å²) in [6.07, 6.45) is 2.23. The second-order valence-corrected chi connectivity index (χ2v) is 4.47. The monoisotopic (exact) mass is 289 g/mol.